The third-order valence-corrected chi connectivity index (χ3v) is 8.09. The molecule has 37 heavy (non-hydrogen) atoms. The summed E-state index contributed by atoms with van der Waals surface area (Å²) in [6.07, 6.45) is 8.46. The third-order valence-electron chi connectivity index (χ3n) is 7.83. The Morgan fingerprint density at radius 3 is 2.14 bits per heavy atom. The van der Waals surface area contributed by atoms with Crippen molar-refractivity contribution in [3.05, 3.63) is 90.3 Å². The second-order valence-electron chi connectivity index (χ2n) is 10.2. The summed E-state index contributed by atoms with van der Waals surface area (Å²) in [5.74, 6) is -0.923. The highest BCUT2D eigenvalue weighted by Crippen LogP contribution is 2.42. The average Bonchev–Trinajstić information content (AvgIpc) is 2.91. The van der Waals surface area contributed by atoms with Gasteiger partial charge in [-0.2, -0.15) is 17.0 Å². The Morgan fingerprint density at radius 1 is 0.892 bits per heavy atom. The van der Waals surface area contributed by atoms with Crippen LogP contribution in [0.4, 0.5) is 13.2 Å². The molecule has 0 amide bonds. The van der Waals surface area contributed by atoms with E-state index in [1.807, 2.05) is 12.1 Å². The van der Waals surface area contributed by atoms with Crippen molar-refractivity contribution in [2.24, 2.45) is 11.8 Å². The van der Waals surface area contributed by atoms with E-state index in [1.165, 1.54) is 19.2 Å². The molecule has 0 bridgehead atoms. The van der Waals surface area contributed by atoms with Gasteiger partial charge in [0.2, 0.25) is 5.82 Å². The number of thiol groups is 1. The number of rotatable bonds is 9. The summed E-state index contributed by atoms with van der Waals surface area (Å²) in [7, 11) is 1.30. The molecule has 0 heterocycles. The van der Waals surface area contributed by atoms with Gasteiger partial charge < -0.3 is 4.74 Å². The van der Waals surface area contributed by atoms with Gasteiger partial charge in [-0.05, 0) is 102 Å². The highest BCUT2D eigenvalue weighted by Gasteiger charge is 2.28. The molecule has 0 saturated heterocycles. The van der Waals surface area contributed by atoms with Gasteiger partial charge in [0, 0.05) is 5.56 Å². The molecule has 2 atom stereocenters. The van der Waals surface area contributed by atoms with Crippen LogP contribution in [0.1, 0.15) is 56.9 Å². The second kappa shape index (κ2) is 12.3. The zero-order chi connectivity index (χ0) is 26.5. The van der Waals surface area contributed by atoms with Crippen LogP contribution in [-0.4, -0.2) is 12.4 Å². The Kier molecular flexibility index (Phi) is 9.07. The lowest BCUT2D eigenvalue weighted by molar-refractivity contribution is 0.251. The number of halogens is 3. The summed E-state index contributed by atoms with van der Waals surface area (Å²) in [5.41, 5.74) is 3.06. The number of hydrogen-bond donors (Lipinski definition) is 1. The summed E-state index contributed by atoms with van der Waals surface area (Å²) < 4.78 is 48.7. The van der Waals surface area contributed by atoms with E-state index >= 15 is 4.39 Å². The molecule has 1 fully saturated rings. The highest BCUT2D eigenvalue weighted by atomic mass is 32.1. The van der Waals surface area contributed by atoms with Gasteiger partial charge in [-0.15, -0.1) is 6.58 Å². The predicted octanol–water partition coefficient (Wildman–Crippen LogP) is 9.62. The fourth-order valence-electron chi connectivity index (χ4n) is 5.63. The molecule has 0 aromatic heterocycles. The number of methoxy groups -OCH3 is 1. The van der Waals surface area contributed by atoms with Crippen LogP contribution in [-0.2, 0) is 0 Å². The van der Waals surface area contributed by atoms with Crippen molar-refractivity contribution in [3.63, 3.8) is 0 Å². The van der Waals surface area contributed by atoms with E-state index < -0.39 is 11.6 Å². The van der Waals surface area contributed by atoms with E-state index in [1.54, 1.807) is 30.3 Å². The quantitative estimate of drug-likeness (QED) is 0.217. The second-order valence-corrected chi connectivity index (χ2v) is 11.1. The smallest absolute Gasteiger partial charge is 0.201 e. The minimum Gasteiger partial charge on any atom is -0.494 e. The lowest BCUT2D eigenvalue weighted by Gasteiger charge is -2.33. The summed E-state index contributed by atoms with van der Waals surface area (Å²) in [6.45, 7) is 6.18. The Hall–Kier alpha value is -2.66. The Labute approximate surface area is 224 Å². The topological polar surface area (TPSA) is 9.23 Å². The Morgan fingerprint density at radius 2 is 1.54 bits per heavy atom. The first-order valence-electron chi connectivity index (χ1n) is 13.0. The summed E-state index contributed by atoms with van der Waals surface area (Å²) in [4.78, 5) is 0. The SMILES string of the molecule is C=CC(CCC(C)S)C1CCC(c2ccc(-c3ccc(-c4ccc(OC)c(F)c4F)cc3)cc2F)CC1. The van der Waals surface area contributed by atoms with Gasteiger partial charge in [-0.25, -0.2) is 8.78 Å². The van der Waals surface area contributed by atoms with Crippen molar-refractivity contribution in [2.45, 2.75) is 56.6 Å². The van der Waals surface area contributed by atoms with Gasteiger partial charge in [-0.1, -0.05) is 49.4 Å². The summed E-state index contributed by atoms with van der Waals surface area (Å²) >= 11 is 4.51. The van der Waals surface area contributed by atoms with Crippen LogP contribution in [0.2, 0.25) is 0 Å². The van der Waals surface area contributed by atoms with E-state index in [9.17, 15) is 8.78 Å². The molecule has 1 saturated carbocycles. The summed E-state index contributed by atoms with van der Waals surface area (Å²) in [5, 5.41) is 0.397. The van der Waals surface area contributed by atoms with Crippen LogP contribution < -0.4 is 4.74 Å². The molecule has 1 nitrogen and oxygen atoms in total. The predicted molar refractivity (Wildman–Crippen MR) is 150 cm³/mol. The first-order valence-corrected chi connectivity index (χ1v) is 13.6. The molecule has 1 aliphatic rings. The largest absolute Gasteiger partial charge is 0.494 e. The van der Waals surface area contributed by atoms with Gasteiger partial charge in [0.25, 0.3) is 0 Å². The number of ether oxygens (including phenoxy) is 1. The molecule has 2 unspecified atom stereocenters. The normalized spacial score (nSPS) is 19.3. The van der Waals surface area contributed by atoms with Crippen molar-refractivity contribution < 1.29 is 17.9 Å². The zero-order valence-corrected chi connectivity index (χ0v) is 22.4. The molecular weight excluding hydrogens is 489 g/mol. The van der Waals surface area contributed by atoms with Crippen molar-refractivity contribution in [1.82, 2.24) is 0 Å². The van der Waals surface area contributed by atoms with Gasteiger partial charge in [0.15, 0.2) is 11.6 Å². The van der Waals surface area contributed by atoms with Gasteiger partial charge in [0.05, 0.1) is 7.11 Å². The first-order chi connectivity index (χ1) is 17.8. The molecular formula is C32H35F3OS. The molecule has 1 aliphatic carbocycles. The fraction of sp³-hybridized carbons (Fsp3) is 0.375. The molecule has 3 aromatic carbocycles. The summed E-state index contributed by atoms with van der Waals surface area (Å²) in [6, 6.07) is 15.4. The monoisotopic (exact) mass is 524 g/mol. The fourth-order valence-corrected chi connectivity index (χ4v) is 5.78. The van der Waals surface area contributed by atoms with Crippen LogP contribution in [0.15, 0.2) is 67.3 Å². The van der Waals surface area contributed by atoms with Crippen LogP contribution in [0, 0.1) is 29.3 Å². The van der Waals surface area contributed by atoms with Crippen LogP contribution in [0.5, 0.6) is 5.75 Å². The number of hydrogen-bond acceptors (Lipinski definition) is 2. The molecule has 0 spiro atoms. The van der Waals surface area contributed by atoms with Crippen molar-refractivity contribution in [2.75, 3.05) is 7.11 Å². The van der Waals surface area contributed by atoms with E-state index in [0.29, 0.717) is 22.6 Å². The average molecular weight is 525 g/mol. The maximum atomic E-state index is 15.2. The standard InChI is InChI=1S/C32H35F3OS/c1-4-21(6-5-20(2)37)22-7-11-24(12-8-22)27-16-15-26(19-29(27)33)23-9-13-25(14-10-23)28-17-18-30(36-3)32(35)31(28)34/h4,9-10,13-22,24,37H,1,5-8,11-12H2,2-3H3. The Bertz CT molecular complexity index is 1210. The van der Waals surface area contributed by atoms with Crippen LogP contribution in [0.25, 0.3) is 22.3 Å². The van der Waals surface area contributed by atoms with Gasteiger partial charge in [0.1, 0.15) is 5.82 Å². The minimum absolute atomic E-state index is 0.134. The van der Waals surface area contributed by atoms with E-state index in [0.717, 1.165) is 55.2 Å². The van der Waals surface area contributed by atoms with E-state index in [2.05, 4.69) is 32.2 Å². The molecule has 5 heteroatoms. The van der Waals surface area contributed by atoms with Crippen molar-refractivity contribution in [1.29, 1.82) is 0 Å². The zero-order valence-electron chi connectivity index (χ0n) is 21.5. The van der Waals surface area contributed by atoms with Gasteiger partial charge in [-0.3, -0.25) is 0 Å². The van der Waals surface area contributed by atoms with Crippen LogP contribution >= 0.6 is 12.6 Å². The third kappa shape index (κ3) is 6.26. The molecule has 3 aromatic rings. The lowest BCUT2D eigenvalue weighted by atomic mass is 9.72. The lowest BCUT2D eigenvalue weighted by Crippen LogP contribution is -2.21. The first kappa shape index (κ1) is 27.4. The van der Waals surface area contributed by atoms with E-state index in [-0.39, 0.29) is 23.0 Å². The maximum Gasteiger partial charge on any atom is 0.201 e. The maximum absolute atomic E-state index is 15.2. The Balaban J connectivity index is 1.44. The number of allylic oxidation sites excluding steroid dienone is 1. The van der Waals surface area contributed by atoms with Crippen molar-refractivity contribution in [3.8, 4) is 28.0 Å². The number of benzene rings is 3. The highest BCUT2D eigenvalue weighted by molar-refractivity contribution is 7.80. The van der Waals surface area contributed by atoms with E-state index in [4.69, 9.17) is 4.74 Å². The van der Waals surface area contributed by atoms with Crippen molar-refractivity contribution >= 4 is 12.6 Å². The molecule has 196 valence electrons. The molecule has 0 N–H and O–H groups in total. The minimum atomic E-state index is -1.01. The molecule has 4 rings (SSSR count). The molecule has 0 radical (unpaired) electrons. The molecule has 0 aliphatic heterocycles. The van der Waals surface area contributed by atoms with Crippen LogP contribution in [0.3, 0.4) is 0 Å². The van der Waals surface area contributed by atoms with Gasteiger partial charge >= 0.3 is 0 Å².